The van der Waals surface area contributed by atoms with Gasteiger partial charge in [0.25, 0.3) is 0 Å². The number of rotatable bonds is 3. The zero-order valence-electron chi connectivity index (χ0n) is 9.37. The van der Waals surface area contributed by atoms with Crippen LogP contribution in [0.25, 0.3) is 0 Å². The van der Waals surface area contributed by atoms with E-state index in [2.05, 4.69) is 26.2 Å². The average Bonchev–Trinajstić information content (AvgIpc) is 2.32. The molecule has 0 radical (unpaired) electrons. The Morgan fingerprint density at radius 3 is 2.94 bits per heavy atom. The molecule has 1 aromatic carbocycles. The van der Waals surface area contributed by atoms with E-state index in [-0.39, 0.29) is 5.82 Å². The molecule has 0 amide bonds. The van der Waals surface area contributed by atoms with Crippen LogP contribution >= 0.6 is 15.9 Å². The van der Waals surface area contributed by atoms with Gasteiger partial charge >= 0.3 is 0 Å². The van der Waals surface area contributed by atoms with Gasteiger partial charge in [0.05, 0.1) is 5.69 Å². The summed E-state index contributed by atoms with van der Waals surface area (Å²) in [5, 5.41) is 3.22. The highest BCUT2D eigenvalue weighted by Crippen LogP contribution is 2.20. The van der Waals surface area contributed by atoms with Crippen LogP contribution in [-0.4, -0.2) is 4.98 Å². The van der Waals surface area contributed by atoms with Crippen molar-refractivity contribution in [3.05, 3.63) is 58.1 Å². The first-order valence-electron chi connectivity index (χ1n) is 5.26. The second kappa shape index (κ2) is 5.27. The van der Waals surface area contributed by atoms with Crippen molar-refractivity contribution in [2.75, 3.05) is 5.32 Å². The second-order valence-corrected chi connectivity index (χ2v) is 4.52. The van der Waals surface area contributed by atoms with Gasteiger partial charge in [-0.05, 0) is 58.2 Å². The van der Waals surface area contributed by atoms with Crippen LogP contribution in [0.1, 0.15) is 11.1 Å². The fourth-order valence-corrected chi connectivity index (χ4v) is 1.93. The highest BCUT2D eigenvalue weighted by molar-refractivity contribution is 9.10. The third-order valence-corrected chi connectivity index (χ3v) is 3.17. The van der Waals surface area contributed by atoms with E-state index in [0.29, 0.717) is 6.54 Å². The van der Waals surface area contributed by atoms with Crippen LogP contribution in [0.3, 0.4) is 0 Å². The lowest BCUT2D eigenvalue weighted by Crippen LogP contribution is -2.02. The zero-order chi connectivity index (χ0) is 12.3. The summed E-state index contributed by atoms with van der Waals surface area (Å²) in [5.74, 6) is -0.211. The van der Waals surface area contributed by atoms with Gasteiger partial charge in [-0.25, -0.2) is 9.37 Å². The Kier molecular flexibility index (Phi) is 3.74. The molecule has 0 spiro atoms. The number of anilines is 1. The molecule has 2 rings (SSSR count). The lowest BCUT2D eigenvalue weighted by atomic mass is 10.1. The molecule has 0 atom stereocenters. The topological polar surface area (TPSA) is 24.9 Å². The minimum absolute atomic E-state index is 0.211. The maximum atomic E-state index is 13.1. The summed E-state index contributed by atoms with van der Waals surface area (Å²) in [4.78, 5) is 4.11. The van der Waals surface area contributed by atoms with Gasteiger partial charge < -0.3 is 5.32 Å². The quantitative estimate of drug-likeness (QED) is 0.869. The largest absolute Gasteiger partial charge is 0.379 e. The minimum Gasteiger partial charge on any atom is -0.379 e. The molecule has 0 aliphatic rings. The summed E-state index contributed by atoms with van der Waals surface area (Å²) in [5.41, 5.74) is 2.91. The molecule has 17 heavy (non-hydrogen) atoms. The molecule has 2 aromatic rings. The minimum atomic E-state index is -0.211. The summed E-state index contributed by atoms with van der Waals surface area (Å²) >= 11 is 3.36. The molecule has 88 valence electrons. The van der Waals surface area contributed by atoms with Crippen LogP contribution in [0.15, 0.2) is 41.1 Å². The Labute approximate surface area is 108 Å². The Morgan fingerprint density at radius 1 is 1.35 bits per heavy atom. The third kappa shape index (κ3) is 3.03. The molecule has 0 saturated carbocycles. The van der Waals surface area contributed by atoms with E-state index in [1.165, 1.54) is 6.07 Å². The number of hydrogen-bond acceptors (Lipinski definition) is 2. The monoisotopic (exact) mass is 294 g/mol. The van der Waals surface area contributed by atoms with Crippen molar-refractivity contribution >= 4 is 21.6 Å². The number of hydrogen-bond donors (Lipinski definition) is 1. The fourth-order valence-electron chi connectivity index (χ4n) is 1.54. The number of aryl methyl sites for hydroxylation is 1. The van der Waals surface area contributed by atoms with Gasteiger partial charge in [-0.1, -0.05) is 6.07 Å². The van der Waals surface area contributed by atoms with Gasteiger partial charge in [-0.2, -0.15) is 0 Å². The molecule has 0 fully saturated rings. The number of halogens is 2. The molecule has 1 N–H and O–H groups in total. The summed E-state index contributed by atoms with van der Waals surface area (Å²) in [7, 11) is 0. The Balaban J connectivity index is 2.12. The van der Waals surface area contributed by atoms with Gasteiger partial charge in [-0.3, -0.25) is 0 Å². The molecule has 0 bridgehead atoms. The fraction of sp³-hybridized carbons (Fsp3) is 0.154. The van der Waals surface area contributed by atoms with Gasteiger partial charge in [-0.15, -0.1) is 0 Å². The third-order valence-electron chi connectivity index (χ3n) is 2.54. The van der Waals surface area contributed by atoms with Crippen LogP contribution in [0, 0.1) is 12.7 Å². The molecule has 1 heterocycles. The van der Waals surface area contributed by atoms with Crippen molar-refractivity contribution in [2.45, 2.75) is 13.5 Å². The Bertz CT molecular complexity index is 529. The van der Waals surface area contributed by atoms with Crippen molar-refractivity contribution < 1.29 is 4.39 Å². The van der Waals surface area contributed by atoms with Gasteiger partial charge in [0.15, 0.2) is 0 Å². The summed E-state index contributed by atoms with van der Waals surface area (Å²) < 4.78 is 13.9. The molecule has 0 aliphatic carbocycles. The van der Waals surface area contributed by atoms with Crippen molar-refractivity contribution in [3.63, 3.8) is 0 Å². The van der Waals surface area contributed by atoms with E-state index in [1.54, 1.807) is 18.3 Å². The average molecular weight is 295 g/mol. The highest BCUT2D eigenvalue weighted by atomic mass is 79.9. The predicted molar refractivity (Wildman–Crippen MR) is 70.4 cm³/mol. The van der Waals surface area contributed by atoms with Crippen molar-refractivity contribution in [3.8, 4) is 0 Å². The molecule has 0 unspecified atom stereocenters. The number of nitrogens with zero attached hydrogens (tertiary/aromatic N) is 1. The molecule has 4 heteroatoms. The molecule has 0 saturated heterocycles. The standard InChI is InChI=1S/C13H12BrFN2/c1-9-4-5-11(15)7-10(9)8-17-12-3-2-6-16-13(12)14/h2-7,17H,8H2,1H3. The van der Waals surface area contributed by atoms with Crippen LogP contribution in [0.2, 0.25) is 0 Å². The maximum absolute atomic E-state index is 13.1. The Hall–Kier alpha value is -1.42. The van der Waals surface area contributed by atoms with Crippen LogP contribution in [0.4, 0.5) is 10.1 Å². The summed E-state index contributed by atoms with van der Waals surface area (Å²) in [6, 6.07) is 8.58. The van der Waals surface area contributed by atoms with Crippen LogP contribution in [0.5, 0.6) is 0 Å². The number of nitrogens with one attached hydrogen (secondary N) is 1. The van der Waals surface area contributed by atoms with E-state index in [4.69, 9.17) is 0 Å². The molecule has 1 aromatic heterocycles. The lowest BCUT2D eigenvalue weighted by molar-refractivity contribution is 0.625. The molecule has 2 nitrogen and oxygen atoms in total. The normalized spacial score (nSPS) is 10.3. The lowest BCUT2D eigenvalue weighted by Gasteiger charge is -2.10. The molecule has 0 aliphatic heterocycles. The summed E-state index contributed by atoms with van der Waals surface area (Å²) in [6.07, 6.45) is 1.71. The van der Waals surface area contributed by atoms with Crippen LogP contribution in [-0.2, 0) is 6.54 Å². The zero-order valence-corrected chi connectivity index (χ0v) is 11.0. The van der Waals surface area contributed by atoms with Crippen molar-refractivity contribution in [1.82, 2.24) is 4.98 Å². The second-order valence-electron chi connectivity index (χ2n) is 3.77. The van der Waals surface area contributed by atoms with E-state index in [1.807, 2.05) is 19.1 Å². The van der Waals surface area contributed by atoms with Crippen molar-refractivity contribution in [1.29, 1.82) is 0 Å². The smallest absolute Gasteiger partial charge is 0.129 e. The van der Waals surface area contributed by atoms with Crippen LogP contribution < -0.4 is 5.32 Å². The van der Waals surface area contributed by atoms with E-state index in [0.717, 1.165) is 21.4 Å². The molecular formula is C13H12BrFN2. The first-order valence-corrected chi connectivity index (χ1v) is 6.05. The van der Waals surface area contributed by atoms with E-state index in [9.17, 15) is 4.39 Å². The molecular weight excluding hydrogens is 283 g/mol. The van der Waals surface area contributed by atoms with Crippen molar-refractivity contribution in [2.24, 2.45) is 0 Å². The SMILES string of the molecule is Cc1ccc(F)cc1CNc1cccnc1Br. The first-order chi connectivity index (χ1) is 8.16. The van der Waals surface area contributed by atoms with Gasteiger partial charge in [0, 0.05) is 12.7 Å². The Morgan fingerprint density at radius 2 is 2.18 bits per heavy atom. The van der Waals surface area contributed by atoms with E-state index >= 15 is 0 Å². The van der Waals surface area contributed by atoms with Gasteiger partial charge in [0.2, 0.25) is 0 Å². The highest BCUT2D eigenvalue weighted by Gasteiger charge is 2.02. The van der Waals surface area contributed by atoms with E-state index < -0.39 is 0 Å². The summed E-state index contributed by atoms with van der Waals surface area (Å²) in [6.45, 7) is 2.54. The number of aromatic nitrogens is 1. The number of benzene rings is 1. The maximum Gasteiger partial charge on any atom is 0.129 e. The first kappa shape index (κ1) is 12.0. The predicted octanol–water partition coefficient (Wildman–Crippen LogP) is 3.90. The number of pyridine rings is 1. The van der Waals surface area contributed by atoms with Gasteiger partial charge in [0.1, 0.15) is 10.4 Å².